The van der Waals surface area contributed by atoms with Crippen molar-refractivity contribution in [3.8, 4) is 0 Å². The molecule has 0 saturated carbocycles. The Morgan fingerprint density at radius 2 is 2.11 bits per heavy atom. The molecule has 0 aromatic carbocycles. The molecule has 0 spiro atoms. The van der Waals surface area contributed by atoms with Crippen molar-refractivity contribution < 1.29 is 22.7 Å². The number of carbonyl (C=O) groups is 1. The number of hydrogen-bond acceptors (Lipinski definition) is 3. The van der Waals surface area contributed by atoms with Crippen LogP contribution < -0.4 is 11.1 Å². The van der Waals surface area contributed by atoms with Crippen molar-refractivity contribution in [3.63, 3.8) is 0 Å². The highest BCUT2D eigenvalue weighted by Gasteiger charge is 2.47. The second-order valence-electron chi connectivity index (χ2n) is 4.99. The van der Waals surface area contributed by atoms with Crippen molar-refractivity contribution in [2.75, 3.05) is 13.2 Å². The molecule has 0 aromatic rings. The molecule has 0 aliphatic carbocycles. The molecule has 0 bridgehead atoms. The van der Waals surface area contributed by atoms with Crippen LogP contribution in [-0.2, 0) is 9.53 Å². The normalized spacial score (nSPS) is 33.4. The molecule has 1 aliphatic rings. The Hall–Kier alpha value is -0.820. The maximum Gasteiger partial charge on any atom is 0.401 e. The second kappa shape index (κ2) is 5.05. The van der Waals surface area contributed by atoms with Crippen LogP contribution in [0.15, 0.2) is 0 Å². The fourth-order valence-electron chi connectivity index (χ4n) is 2.19. The number of amides is 1. The van der Waals surface area contributed by atoms with Crippen LogP contribution in [0.25, 0.3) is 0 Å². The Morgan fingerprint density at radius 1 is 1.50 bits per heavy atom. The molecular formula is C11H19F3N2O2. The van der Waals surface area contributed by atoms with E-state index in [1.54, 1.807) is 6.92 Å². The largest absolute Gasteiger partial charge is 0.401 e. The van der Waals surface area contributed by atoms with Gasteiger partial charge in [0.15, 0.2) is 0 Å². The van der Waals surface area contributed by atoms with Gasteiger partial charge in [-0.25, -0.2) is 0 Å². The molecular weight excluding hydrogens is 249 g/mol. The topological polar surface area (TPSA) is 64.3 Å². The van der Waals surface area contributed by atoms with E-state index in [1.165, 1.54) is 0 Å². The van der Waals surface area contributed by atoms with Crippen LogP contribution in [0.4, 0.5) is 13.2 Å². The quantitative estimate of drug-likeness (QED) is 0.808. The number of ether oxygens (including phenoxy) is 1. The lowest BCUT2D eigenvalue weighted by molar-refractivity contribution is -0.153. The molecule has 18 heavy (non-hydrogen) atoms. The van der Waals surface area contributed by atoms with Crippen LogP contribution in [0.2, 0.25) is 0 Å². The van der Waals surface area contributed by atoms with E-state index >= 15 is 0 Å². The highest BCUT2D eigenvalue weighted by atomic mass is 19.4. The summed E-state index contributed by atoms with van der Waals surface area (Å²) < 4.78 is 42.3. The van der Waals surface area contributed by atoms with Gasteiger partial charge >= 0.3 is 6.18 Å². The van der Waals surface area contributed by atoms with E-state index in [9.17, 15) is 18.0 Å². The first kappa shape index (κ1) is 15.2. The maximum atomic E-state index is 12.3. The number of primary amides is 1. The molecule has 1 heterocycles. The standard InChI is InChI=1S/C11H19F3N2O2/c1-3-9(2)6-10(8(15)17,4-5-18-9)16-7-11(12,13)14/h16H,3-7H2,1-2H3,(H2,15,17). The van der Waals surface area contributed by atoms with Crippen LogP contribution >= 0.6 is 0 Å². The van der Waals surface area contributed by atoms with Gasteiger partial charge in [0, 0.05) is 13.0 Å². The average molecular weight is 268 g/mol. The van der Waals surface area contributed by atoms with Crippen molar-refractivity contribution in [1.82, 2.24) is 5.32 Å². The number of nitrogens with two attached hydrogens (primary N) is 1. The van der Waals surface area contributed by atoms with Gasteiger partial charge in [-0.1, -0.05) is 6.92 Å². The first-order valence-electron chi connectivity index (χ1n) is 5.88. The lowest BCUT2D eigenvalue weighted by Crippen LogP contribution is -2.63. The minimum Gasteiger partial charge on any atom is -0.375 e. The monoisotopic (exact) mass is 268 g/mol. The number of halogens is 3. The van der Waals surface area contributed by atoms with Crippen molar-refractivity contribution in [3.05, 3.63) is 0 Å². The second-order valence-corrected chi connectivity index (χ2v) is 4.99. The van der Waals surface area contributed by atoms with Gasteiger partial charge in [0.1, 0.15) is 5.54 Å². The molecule has 1 saturated heterocycles. The van der Waals surface area contributed by atoms with E-state index in [1.807, 2.05) is 6.92 Å². The zero-order valence-corrected chi connectivity index (χ0v) is 10.6. The molecule has 4 nitrogen and oxygen atoms in total. The smallest absolute Gasteiger partial charge is 0.375 e. The first-order valence-corrected chi connectivity index (χ1v) is 5.88. The summed E-state index contributed by atoms with van der Waals surface area (Å²) in [6, 6.07) is 0. The number of hydrogen-bond donors (Lipinski definition) is 2. The fourth-order valence-corrected chi connectivity index (χ4v) is 2.19. The van der Waals surface area contributed by atoms with Gasteiger partial charge in [-0.15, -0.1) is 0 Å². The van der Waals surface area contributed by atoms with Gasteiger partial charge in [-0.05, 0) is 19.8 Å². The molecule has 1 amide bonds. The van der Waals surface area contributed by atoms with Gasteiger partial charge in [0.05, 0.1) is 12.1 Å². The summed E-state index contributed by atoms with van der Waals surface area (Å²) in [6.45, 7) is 2.63. The molecule has 0 aromatic heterocycles. The SMILES string of the molecule is CCC1(C)CC(NCC(F)(F)F)(C(N)=O)CCO1. The number of nitrogens with one attached hydrogen (secondary N) is 1. The summed E-state index contributed by atoms with van der Waals surface area (Å²) in [5.41, 5.74) is 3.33. The van der Waals surface area contributed by atoms with E-state index in [0.29, 0.717) is 6.42 Å². The molecule has 3 N–H and O–H groups in total. The molecule has 2 atom stereocenters. The van der Waals surface area contributed by atoms with E-state index in [4.69, 9.17) is 10.5 Å². The molecule has 1 rings (SSSR count). The zero-order chi connectivity index (χ0) is 14.0. The van der Waals surface area contributed by atoms with Gasteiger partial charge in [-0.3, -0.25) is 10.1 Å². The van der Waals surface area contributed by atoms with Crippen LogP contribution in [-0.4, -0.2) is 36.4 Å². The summed E-state index contributed by atoms with van der Waals surface area (Å²) in [7, 11) is 0. The van der Waals surface area contributed by atoms with Crippen LogP contribution in [0, 0.1) is 0 Å². The Bertz CT molecular complexity index is 322. The molecule has 1 aliphatic heterocycles. The summed E-state index contributed by atoms with van der Waals surface area (Å²) in [4.78, 5) is 11.5. The summed E-state index contributed by atoms with van der Waals surface area (Å²) in [6.07, 6.45) is -3.45. The fraction of sp³-hybridized carbons (Fsp3) is 0.909. The molecule has 106 valence electrons. The lowest BCUT2D eigenvalue weighted by Gasteiger charge is -2.44. The first-order chi connectivity index (χ1) is 8.13. The van der Waals surface area contributed by atoms with Gasteiger partial charge in [0.25, 0.3) is 0 Å². The van der Waals surface area contributed by atoms with Gasteiger partial charge in [0.2, 0.25) is 5.91 Å². The third-order valence-corrected chi connectivity index (χ3v) is 3.50. The predicted octanol–water partition coefficient (Wildman–Crippen LogP) is 1.34. The third kappa shape index (κ3) is 3.58. The lowest BCUT2D eigenvalue weighted by atomic mass is 9.78. The minimum absolute atomic E-state index is 0.155. The minimum atomic E-state index is -4.37. The summed E-state index contributed by atoms with van der Waals surface area (Å²) >= 11 is 0. The highest BCUT2D eigenvalue weighted by Crippen LogP contribution is 2.35. The van der Waals surface area contributed by atoms with Gasteiger partial charge < -0.3 is 10.5 Å². The summed E-state index contributed by atoms with van der Waals surface area (Å²) in [5.74, 6) is -0.755. The van der Waals surface area contributed by atoms with E-state index in [2.05, 4.69) is 5.32 Å². The predicted molar refractivity (Wildman–Crippen MR) is 59.9 cm³/mol. The highest BCUT2D eigenvalue weighted by molar-refractivity contribution is 5.85. The Kier molecular flexibility index (Phi) is 4.27. The van der Waals surface area contributed by atoms with E-state index in [0.717, 1.165) is 0 Å². The zero-order valence-electron chi connectivity index (χ0n) is 10.6. The Balaban J connectivity index is 2.84. The average Bonchev–Trinajstić information content (AvgIpc) is 2.25. The van der Waals surface area contributed by atoms with Crippen molar-refractivity contribution in [2.24, 2.45) is 5.73 Å². The summed E-state index contributed by atoms with van der Waals surface area (Å²) in [5, 5.41) is 2.28. The maximum absolute atomic E-state index is 12.3. The Morgan fingerprint density at radius 3 is 2.56 bits per heavy atom. The number of carbonyl (C=O) groups excluding carboxylic acids is 1. The Labute approximate surface area is 104 Å². The van der Waals surface area contributed by atoms with Crippen molar-refractivity contribution in [1.29, 1.82) is 0 Å². The number of rotatable bonds is 4. The van der Waals surface area contributed by atoms with E-state index < -0.39 is 29.8 Å². The van der Waals surface area contributed by atoms with Crippen LogP contribution in [0.5, 0.6) is 0 Å². The molecule has 0 radical (unpaired) electrons. The van der Waals surface area contributed by atoms with Crippen LogP contribution in [0.3, 0.4) is 0 Å². The van der Waals surface area contributed by atoms with E-state index in [-0.39, 0.29) is 19.4 Å². The van der Waals surface area contributed by atoms with Crippen LogP contribution in [0.1, 0.15) is 33.1 Å². The molecule has 7 heteroatoms. The van der Waals surface area contributed by atoms with Crippen molar-refractivity contribution in [2.45, 2.75) is 50.4 Å². The third-order valence-electron chi connectivity index (χ3n) is 3.50. The number of alkyl halides is 3. The van der Waals surface area contributed by atoms with Gasteiger partial charge in [-0.2, -0.15) is 13.2 Å². The molecule has 2 unspecified atom stereocenters. The van der Waals surface area contributed by atoms with Crippen molar-refractivity contribution >= 4 is 5.91 Å². The molecule has 1 fully saturated rings.